The number of hydrogen-bond donors (Lipinski definition) is 1. The van der Waals surface area contributed by atoms with Gasteiger partial charge in [0.1, 0.15) is 17.1 Å². The highest BCUT2D eigenvalue weighted by Gasteiger charge is 2.19. The topological polar surface area (TPSA) is 69.7 Å². The van der Waals surface area contributed by atoms with Gasteiger partial charge >= 0.3 is 0 Å². The molecule has 0 spiro atoms. The molecule has 2 rings (SSSR count). The minimum absolute atomic E-state index is 0.306. The molecule has 0 saturated heterocycles. The van der Waals surface area contributed by atoms with Crippen LogP contribution < -0.4 is 19.5 Å². The van der Waals surface area contributed by atoms with Gasteiger partial charge in [-0.05, 0) is 31.2 Å². The zero-order valence-corrected chi connectivity index (χ0v) is 12.8. The molecule has 2 aromatic rings. The number of methoxy groups -OCH3 is 2. The lowest BCUT2D eigenvalue weighted by Crippen LogP contribution is -2.16. The molecule has 0 aliphatic rings. The average Bonchev–Trinajstić information content (AvgIpc) is 2.55. The molecule has 1 amide bonds. The summed E-state index contributed by atoms with van der Waals surface area (Å²) in [6.45, 7) is 2.34. The summed E-state index contributed by atoms with van der Waals surface area (Å²) in [4.78, 5) is 16.7. The first-order chi connectivity index (χ1) is 10.7. The lowest BCUT2D eigenvalue weighted by atomic mass is 10.1. The van der Waals surface area contributed by atoms with Crippen LogP contribution in [-0.2, 0) is 0 Å². The SMILES string of the molecule is CCOc1cccnc1NC(=O)c1c(OC)cccc1OC. The Balaban J connectivity index is 2.34. The molecule has 6 heteroatoms. The molecule has 0 aliphatic carbocycles. The second-order valence-electron chi connectivity index (χ2n) is 4.27. The van der Waals surface area contributed by atoms with Crippen molar-refractivity contribution in [2.45, 2.75) is 6.92 Å². The van der Waals surface area contributed by atoms with E-state index in [1.165, 1.54) is 14.2 Å². The van der Waals surface area contributed by atoms with Crippen LogP contribution in [0.3, 0.4) is 0 Å². The highest BCUT2D eigenvalue weighted by molar-refractivity contribution is 6.08. The van der Waals surface area contributed by atoms with Gasteiger partial charge in [0.15, 0.2) is 11.6 Å². The van der Waals surface area contributed by atoms with Crippen molar-refractivity contribution in [3.8, 4) is 17.2 Å². The highest BCUT2D eigenvalue weighted by Crippen LogP contribution is 2.30. The van der Waals surface area contributed by atoms with Crippen molar-refractivity contribution in [3.63, 3.8) is 0 Å². The van der Waals surface area contributed by atoms with Crippen molar-refractivity contribution in [1.82, 2.24) is 4.98 Å². The number of nitrogens with zero attached hydrogens (tertiary/aromatic N) is 1. The summed E-state index contributed by atoms with van der Waals surface area (Å²) in [7, 11) is 3.00. The number of rotatable bonds is 6. The van der Waals surface area contributed by atoms with E-state index in [1.807, 2.05) is 6.92 Å². The maximum Gasteiger partial charge on any atom is 0.264 e. The molecule has 22 heavy (non-hydrogen) atoms. The van der Waals surface area contributed by atoms with Gasteiger partial charge < -0.3 is 19.5 Å². The maximum absolute atomic E-state index is 12.6. The molecule has 0 atom stereocenters. The number of carbonyl (C=O) groups excluding carboxylic acids is 1. The number of amides is 1. The number of nitrogens with one attached hydrogen (secondary N) is 1. The number of hydrogen-bond acceptors (Lipinski definition) is 5. The summed E-state index contributed by atoms with van der Waals surface area (Å²) in [5.74, 6) is 1.32. The molecule has 0 unspecified atom stereocenters. The van der Waals surface area contributed by atoms with E-state index in [1.54, 1.807) is 36.5 Å². The monoisotopic (exact) mass is 302 g/mol. The lowest BCUT2D eigenvalue weighted by Gasteiger charge is -2.14. The van der Waals surface area contributed by atoms with Crippen LogP contribution >= 0.6 is 0 Å². The third-order valence-electron chi connectivity index (χ3n) is 2.96. The molecule has 0 fully saturated rings. The third-order valence-corrected chi connectivity index (χ3v) is 2.96. The first kappa shape index (κ1) is 15.6. The van der Waals surface area contributed by atoms with Crippen molar-refractivity contribution >= 4 is 11.7 Å². The number of ether oxygens (including phenoxy) is 3. The first-order valence-corrected chi connectivity index (χ1v) is 6.81. The maximum atomic E-state index is 12.6. The minimum atomic E-state index is -0.381. The molecule has 0 aliphatic heterocycles. The predicted octanol–water partition coefficient (Wildman–Crippen LogP) is 2.75. The van der Waals surface area contributed by atoms with Gasteiger partial charge in [0.05, 0.1) is 20.8 Å². The molecule has 0 bridgehead atoms. The van der Waals surface area contributed by atoms with E-state index in [4.69, 9.17) is 14.2 Å². The molecule has 1 heterocycles. The Morgan fingerprint density at radius 2 is 1.73 bits per heavy atom. The van der Waals surface area contributed by atoms with Crippen LogP contribution in [0.4, 0.5) is 5.82 Å². The second kappa shape index (κ2) is 7.31. The molecule has 1 aromatic carbocycles. The summed E-state index contributed by atoms with van der Waals surface area (Å²) in [6.07, 6.45) is 1.58. The van der Waals surface area contributed by atoms with E-state index in [0.717, 1.165) is 0 Å². The number of anilines is 1. The zero-order valence-electron chi connectivity index (χ0n) is 12.8. The average molecular weight is 302 g/mol. The van der Waals surface area contributed by atoms with E-state index in [9.17, 15) is 4.79 Å². The van der Waals surface area contributed by atoms with Crippen LogP contribution in [0.25, 0.3) is 0 Å². The van der Waals surface area contributed by atoms with E-state index in [-0.39, 0.29) is 5.91 Å². The first-order valence-electron chi connectivity index (χ1n) is 6.81. The van der Waals surface area contributed by atoms with Gasteiger partial charge in [-0.25, -0.2) is 4.98 Å². The van der Waals surface area contributed by atoms with Crippen molar-refractivity contribution in [2.24, 2.45) is 0 Å². The van der Waals surface area contributed by atoms with Crippen molar-refractivity contribution in [3.05, 3.63) is 42.1 Å². The number of pyridine rings is 1. The Morgan fingerprint density at radius 3 is 2.32 bits per heavy atom. The van der Waals surface area contributed by atoms with Crippen LogP contribution in [0.15, 0.2) is 36.5 Å². The van der Waals surface area contributed by atoms with Gasteiger partial charge in [0.25, 0.3) is 5.91 Å². The summed E-state index contributed by atoms with van der Waals surface area (Å²) in [5.41, 5.74) is 0.306. The van der Waals surface area contributed by atoms with E-state index in [0.29, 0.717) is 35.2 Å². The molecule has 1 N–H and O–H groups in total. The Bertz CT molecular complexity index is 636. The number of benzene rings is 1. The largest absolute Gasteiger partial charge is 0.496 e. The molecule has 1 aromatic heterocycles. The van der Waals surface area contributed by atoms with Gasteiger partial charge in [-0.2, -0.15) is 0 Å². The lowest BCUT2D eigenvalue weighted by molar-refractivity contribution is 0.102. The van der Waals surface area contributed by atoms with Crippen molar-refractivity contribution < 1.29 is 19.0 Å². The second-order valence-corrected chi connectivity index (χ2v) is 4.27. The predicted molar refractivity (Wildman–Crippen MR) is 82.9 cm³/mol. The molecule has 116 valence electrons. The van der Waals surface area contributed by atoms with E-state index < -0.39 is 0 Å². The van der Waals surface area contributed by atoms with Crippen LogP contribution in [0.1, 0.15) is 17.3 Å². The number of aromatic nitrogens is 1. The van der Waals surface area contributed by atoms with Gasteiger partial charge in [0.2, 0.25) is 0 Å². The number of carbonyl (C=O) groups is 1. The molecular formula is C16H18N2O4. The third kappa shape index (κ3) is 3.28. The van der Waals surface area contributed by atoms with Gasteiger partial charge in [0, 0.05) is 6.20 Å². The standard InChI is InChI=1S/C16H18N2O4/c1-4-22-13-9-6-10-17-15(13)18-16(19)14-11(20-2)7-5-8-12(14)21-3/h5-10H,4H2,1-3H3,(H,17,18,19). The Labute approximate surface area is 129 Å². The summed E-state index contributed by atoms with van der Waals surface area (Å²) in [5, 5.41) is 2.73. The van der Waals surface area contributed by atoms with Crippen LogP contribution in [0, 0.1) is 0 Å². The minimum Gasteiger partial charge on any atom is -0.496 e. The van der Waals surface area contributed by atoms with E-state index >= 15 is 0 Å². The van der Waals surface area contributed by atoms with Gasteiger partial charge in [-0.3, -0.25) is 4.79 Å². The summed E-state index contributed by atoms with van der Waals surface area (Å²) in [6, 6.07) is 8.62. The smallest absolute Gasteiger partial charge is 0.264 e. The summed E-state index contributed by atoms with van der Waals surface area (Å²) < 4.78 is 15.9. The molecular weight excluding hydrogens is 284 g/mol. The molecule has 6 nitrogen and oxygen atoms in total. The van der Waals surface area contributed by atoms with Crippen LogP contribution in [-0.4, -0.2) is 31.7 Å². The molecule has 0 saturated carbocycles. The Morgan fingerprint density at radius 1 is 1.09 bits per heavy atom. The fourth-order valence-corrected chi connectivity index (χ4v) is 2.00. The summed E-state index contributed by atoms with van der Waals surface area (Å²) >= 11 is 0. The fourth-order valence-electron chi connectivity index (χ4n) is 2.00. The van der Waals surface area contributed by atoms with E-state index in [2.05, 4.69) is 10.3 Å². The Kier molecular flexibility index (Phi) is 5.19. The normalized spacial score (nSPS) is 9.95. The van der Waals surface area contributed by atoms with Gasteiger partial charge in [-0.1, -0.05) is 6.07 Å². The van der Waals surface area contributed by atoms with Crippen molar-refractivity contribution in [1.29, 1.82) is 0 Å². The zero-order chi connectivity index (χ0) is 15.9. The van der Waals surface area contributed by atoms with Crippen molar-refractivity contribution in [2.75, 3.05) is 26.1 Å². The Hall–Kier alpha value is -2.76. The van der Waals surface area contributed by atoms with Gasteiger partial charge in [-0.15, -0.1) is 0 Å². The van der Waals surface area contributed by atoms with Crippen LogP contribution in [0.2, 0.25) is 0 Å². The quantitative estimate of drug-likeness (QED) is 0.888. The highest BCUT2D eigenvalue weighted by atomic mass is 16.5. The molecule has 0 radical (unpaired) electrons. The fraction of sp³-hybridized carbons (Fsp3) is 0.250. The van der Waals surface area contributed by atoms with Crippen LogP contribution in [0.5, 0.6) is 17.2 Å².